The molecular weight excluding hydrogens is 256 g/mol. The van der Waals surface area contributed by atoms with E-state index in [9.17, 15) is 13.6 Å². The summed E-state index contributed by atoms with van der Waals surface area (Å²) in [6, 6.07) is 4.56. The first-order valence-corrected chi connectivity index (χ1v) is 5.62. The van der Waals surface area contributed by atoms with Crippen LogP contribution in [-0.4, -0.2) is 19.2 Å². The number of nitrogens with zero attached hydrogens (tertiary/aromatic N) is 1. The summed E-state index contributed by atoms with van der Waals surface area (Å²) in [6.45, 7) is 0.424. The minimum absolute atomic E-state index is 0.112. The zero-order valence-electron chi connectivity index (χ0n) is 10.6. The van der Waals surface area contributed by atoms with E-state index in [-0.39, 0.29) is 24.3 Å². The molecule has 1 aromatic carbocycles. The van der Waals surface area contributed by atoms with Crippen LogP contribution in [0.1, 0.15) is 23.6 Å². The molecule has 6 heteroatoms. The third-order valence-corrected chi connectivity index (χ3v) is 2.52. The maximum Gasteiger partial charge on any atom is 0.387 e. The second-order valence-electron chi connectivity index (χ2n) is 3.69. The Bertz CT molecular complexity index is 509. The van der Waals surface area contributed by atoms with Crippen molar-refractivity contribution in [2.45, 2.75) is 26.9 Å². The molecule has 1 aromatic rings. The third-order valence-electron chi connectivity index (χ3n) is 2.52. The Kier molecular flexibility index (Phi) is 5.24. The molecule has 0 heterocycles. The average molecular weight is 269 g/mol. The Labute approximate surface area is 109 Å². The van der Waals surface area contributed by atoms with E-state index in [1.54, 1.807) is 13.8 Å². The smallest absolute Gasteiger partial charge is 0.387 e. The van der Waals surface area contributed by atoms with Crippen LogP contribution in [-0.2, 0) is 16.0 Å². The fourth-order valence-electron chi connectivity index (χ4n) is 1.64. The number of hydrogen-bond acceptors (Lipinski definition) is 4. The van der Waals surface area contributed by atoms with Gasteiger partial charge in [0.25, 0.3) is 0 Å². The zero-order chi connectivity index (χ0) is 14.4. The molecule has 19 heavy (non-hydrogen) atoms. The number of alkyl halides is 2. The molecule has 0 spiro atoms. The minimum Gasteiger partial charge on any atom is -0.466 e. The van der Waals surface area contributed by atoms with Gasteiger partial charge in [-0.05, 0) is 31.5 Å². The summed E-state index contributed by atoms with van der Waals surface area (Å²) in [5, 5.41) is 8.90. The standard InChI is InChI=1S/C13H13F2NO3/c1-3-18-12(17)6-10-8(2)9(7-16)4-5-11(10)19-13(14)15/h4-5,13H,3,6H2,1-2H3. The largest absolute Gasteiger partial charge is 0.466 e. The molecule has 0 aliphatic carbocycles. The number of benzene rings is 1. The molecule has 0 saturated heterocycles. The van der Waals surface area contributed by atoms with Crippen LogP contribution in [0.4, 0.5) is 8.78 Å². The maximum absolute atomic E-state index is 12.3. The Hall–Kier alpha value is -2.16. The molecule has 4 nitrogen and oxygen atoms in total. The predicted octanol–water partition coefficient (Wildman–Crippen LogP) is 2.57. The van der Waals surface area contributed by atoms with Crippen molar-refractivity contribution in [3.8, 4) is 11.8 Å². The van der Waals surface area contributed by atoms with E-state index in [0.717, 1.165) is 0 Å². The van der Waals surface area contributed by atoms with Crippen molar-refractivity contribution in [3.05, 3.63) is 28.8 Å². The lowest BCUT2D eigenvalue weighted by Gasteiger charge is -2.13. The highest BCUT2D eigenvalue weighted by atomic mass is 19.3. The topological polar surface area (TPSA) is 59.3 Å². The van der Waals surface area contributed by atoms with Gasteiger partial charge in [-0.1, -0.05) is 0 Å². The van der Waals surface area contributed by atoms with Crippen LogP contribution in [0.2, 0.25) is 0 Å². The van der Waals surface area contributed by atoms with Crippen LogP contribution in [0.3, 0.4) is 0 Å². The monoisotopic (exact) mass is 269 g/mol. The van der Waals surface area contributed by atoms with E-state index in [0.29, 0.717) is 11.1 Å². The first-order chi connectivity index (χ1) is 8.99. The van der Waals surface area contributed by atoms with Gasteiger partial charge in [0.05, 0.1) is 24.7 Å². The molecule has 102 valence electrons. The van der Waals surface area contributed by atoms with Crippen LogP contribution in [0.25, 0.3) is 0 Å². The van der Waals surface area contributed by atoms with E-state index in [1.807, 2.05) is 6.07 Å². The summed E-state index contributed by atoms with van der Waals surface area (Å²) in [4.78, 5) is 11.5. The van der Waals surface area contributed by atoms with Crippen LogP contribution < -0.4 is 4.74 Å². The lowest BCUT2D eigenvalue weighted by Crippen LogP contribution is -2.12. The van der Waals surface area contributed by atoms with Crippen molar-refractivity contribution in [2.24, 2.45) is 0 Å². The summed E-state index contributed by atoms with van der Waals surface area (Å²) in [6.07, 6.45) is -0.211. The Balaban J connectivity index is 3.15. The van der Waals surface area contributed by atoms with E-state index >= 15 is 0 Å². The van der Waals surface area contributed by atoms with Crippen molar-refractivity contribution < 1.29 is 23.0 Å². The van der Waals surface area contributed by atoms with Gasteiger partial charge in [-0.15, -0.1) is 0 Å². The summed E-state index contributed by atoms with van der Waals surface area (Å²) in [7, 11) is 0. The Morgan fingerprint density at radius 1 is 1.47 bits per heavy atom. The highest BCUT2D eigenvalue weighted by Crippen LogP contribution is 2.27. The molecule has 0 N–H and O–H groups in total. The number of esters is 1. The number of halogens is 2. The van der Waals surface area contributed by atoms with Gasteiger partial charge >= 0.3 is 12.6 Å². The molecule has 0 saturated carbocycles. The van der Waals surface area contributed by atoms with Gasteiger partial charge in [0.15, 0.2) is 0 Å². The quantitative estimate of drug-likeness (QED) is 0.771. The number of nitriles is 1. The van der Waals surface area contributed by atoms with Crippen LogP contribution in [0, 0.1) is 18.3 Å². The second kappa shape index (κ2) is 6.69. The second-order valence-corrected chi connectivity index (χ2v) is 3.69. The number of hydrogen-bond donors (Lipinski definition) is 0. The summed E-state index contributed by atoms with van der Waals surface area (Å²) in [5.41, 5.74) is 0.993. The highest BCUT2D eigenvalue weighted by molar-refractivity contribution is 5.74. The first-order valence-electron chi connectivity index (χ1n) is 5.62. The average Bonchev–Trinajstić information content (AvgIpc) is 2.34. The van der Waals surface area contributed by atoms with Crippen molar-refractivity contribution in [1.29, 1.82) is 5.26 Å². The van der Waals surface area contributed by atoms with Gasteiger partial charge < -0.3 is 9.47 Å². The molecule has 0 bridgehead atoms. The summed E-state index contributed by atoms with van der Waals surface area (Å²) in [5.74, 6) is -0.667. The van der Waals surface area contributed by atoms with E-state index < -0.39 is 12.6 Å². The Morgan fingerprint density at radius 3 is 2.68 bits per heavy atom. The first kappa shape index (κ1) is 14.9. The normalized spacial score (nSPS) is 10.1. The van der Waals surface area contributed by atoms with Gasteiger partial charge in [0.2, 0.25) is 0 Å². The molecule has 0 aliphatic heterocycles. The van der Waals surface area contributed by atoms with Crippen molar-refractivity contribution in [3.63, 3.8) is 0 Å². The molecule has 0 unspecified atom stereocenters. The van der Waals surface area contributed by atoms with Gasteiger partial charge in [0, 0.05) is 5.56 Å². The van der Waals surface area contributed by atoms with Crippen molar-refractivity contribution >= 4 is 5.97 Å². The molecule has 0 radical (unpaired) electrons. The predicted molar refractivity (Wildman–Crippen MR) is 62.9 cm³/mol. The van der Waals surface area contributed by atoms with Gasteiger partial charge in [-0.25, -0.2) is 0 Å². The molecule has 0 amide bonds. The minimum atomic E-state index is -2.99. The molecule has 1 rings (SSSR count). The van der Waals surface area contributed by atoms with Crippen LogP contribution in [0.5, 0.6) is 5.75 Å². The maximum atomic E-state index is 12.3. The number of carbonyl (C=O) groups is 1. The summed E-state index contributed by atoms with van der Waals surface area (Å²) < 4.78 is 33.7. The van der Waals surface area contributed by atoms with Crippen LogP contribution >= 0.6 is 0 Å². The highest BCUT2D eigenvalue weighted by Gasteiger charge is 2.17. The Morgan fingerprint density at radius 2 is 2.16 bits per heavy atom. The number of ether oxygens (including phenoxy) is 2. The van der Waals surface area contributed by atoms with E-state index in [1.165, 1.54) is 12.1 Å². The molecule has 0 atom stereocenters. The molecular formula is C13H13F2NO3. The lowest BCUT2D eigenvalue weighted by molar-refractivity contribution is -0.142. The fourth-order valence-corrected chi connectivity index (χ4v) is 1.64. The molecule has 0 aliphatic rings. The van der Waals surface area contributed by atoms with Gasteiger partial charge in [-0.2, -0.15) is 14.0 Å². The number of carbonyl (C=O) groups excluding carboxylic acids is 1. The number of rotatable bonds is 5. The molecule has 0 aromatic heterocycles. The van der Waals surface area contributed by atoms with Crippen LogP contribution in [0.15, 0.2) is 12.1 Å². The van der Waals surface area contributed by atoms with Crippen molar-refractivity contribution in [1.82, 2.24) is 0 Å². The summed E-state index contributed by atoms with van der Waals surface area (Å²) >= 11 is 0. The van der Waals surface area contributed by atoms with E-state index in [4.69, 9.17) is 10.00 Å². The lowest BCUT2D eigenvalue weighted by atomic mass is 9.99. The fraction of sp³-hybridized carbons (Fsp3) is 0.385. The molecule has 0 fully saturated rings. The van der Waals surface area contributed by atoms with Gasteiger partial charge in [-0.3, -0.25) is 4.79 Å². The third kappa shape index (κ3) is 3.91. The van der Waals surface area contributed by atoms with E-state index in [2.05, 4.69) is 4.74 Å². The SMILES string of the molecule is CCOC(=O)Cc1c(OC(F)F)ccc(C#N)c1C. The van der Waals surface area contributed by atoms with Gasteiger partial charge in [0.1, 0.15) is 5.75 Å². The zero-order valence-corrected chi connectivity index (χ0v) is 10.6. The van der Waals surface area contributed by atoms with Crippen molar-refractivity contribution in [2.75, 3.05) is 6.61 Å².